The van der Waals surface area contributed by atoms with Gasteiger partial charge in [-0.05, 0) is 25.5 Å². The van der Waals surface area contributed by atoms with Crippen LogP contribution in [-0.2, 0) is 7.05 Å². The lowest BCUT2D eigenvalue weighted by molar-refractivity contribution is 0.576. The van der Waals surface area contributed by atoms with Crippen molar-refractivity contribution >= 4 is 52.5 Å². The zero-order valence-corrected chi connectivity index (χ0v) is 20.9. The fraction of sp³-hybridized carbons (Fsp3) is 0.429. The Morgan fingerprint density at radius 2 is 2.03 bits per heavy atom. The van der Waals surface area contributed by atoms with Crippen LogP contribution in [0.3, 0.4) is 0 Å². The number of nitrogens with one attached hydrogen (secondary N) is 3. The highest BCUT2D eigenvalue weighted by Gasteiger charge is 2.27. The molecule has 178 valence electrons. The molecular formula is C21H28F2IN9. The third-order valence-electron chi connectivity index (χ3n) is 5.33. The maximum absolute atomic E-state index is 14.1. The molecule has 1 fully saturated rings. The molecule has 1 saturated heterocycles. The Hall–Kier alpha value is -2.77. The summed E-state index contributed by atoms with van der Waals surface area (Å²) in [6.07, 6.45) is 4.00. The molecule has 2 aromatic heterocycles. The molecule has 0 bridgehead atoms. The van der Waals surface area contributed by atoms with E-state index in [4.69, 9.17) is 0 Å². The number of benzene rings is 1. The van der Waals surface area contributed by atoms with E-state index in [2.05, 4.69) is 36.0 Å². The Bertz CT molecular complexity index is 1080. The molecule has 3 heterocycles. The lowest BCUT2D eigenvalue weighted by Gasteiger charge is -2.21. The van der Waals surface area contributed by atoms with Gasteiger partial charge in [0.1, 0.15) is 29.5 Å². The number of hydrogen-bond acceptors (Lipinski definition) is 6. The average molecular weight is 571 g/mol. The van der Waals surface area contributed by atoms with Crippen LogP contribution in [0.1, 0.15) is 13.3 Å². The van der Waals surface area contributed by atoms with E-state index in [0.29, 0.717) is 38.7 Å². The first-order chi connectivity index (χ1) is 15.6. The van der Waals surface area contributed by atoms with Crippen LogP contribution in [0.2, 0.25) is 0 Å². The maximum Gasteiger partial charge on any atom is 0.191 e. The van der Waals surface area contributed by atoms with Crippen molar-refractivity contribution in [3.8, 4) is 0 Å². The summed E-state index contributed by atoms with van der Waals surface area (Å²) in [6, 6.07) is 3.99. The second kappa shape index (κ2) is 11.4. The van der Waals surface area contributed by atoms with Gasteiger partial charge in [-0.2, -0.15) is 5.10 Å². The predicted molar refractivity (Wildman–Crippen MR) is 136 cm³/mol. The van der Waals surface area contributed by atoms with Crippen molar-refractivity contribution in [2.45, 2.75) is 19.4 Å². The topological polar surface area (TPSA) is 95.3 Å². The second-order valence-electron chi connectivity index (χ2n) is 7.56. The second-order valence-corrected chi connectivity index (χ2v) is 7.56. The molecule has 4 rings (SSSR count). The molecule has 1 aromatic carbocycles. The monoisotopic (exact) mass is 571 g/mol. The van der Waals surface area contributed by atoms with Gasteiger partial charge in [0.15, 0.2) is 11.6 Å². The number of hydrogen-bond donors (Lipinski definition) is 3. The Kier molecular flexibility index (Phi) is 8.58. The SMILES string of the molecule is CCNC(=NCCNc1ncnc2c1cnn2C)NC1CCN(c2c(F)cccc2F)C1.I. The van der Waals surface area contributed by atoms with Gasteiger partial charge in [-0.15, -0.1) is 24.0 Å². The number of rotatable bonds is 7. The Balaban J connectivity index is 0.00000306. The first-order valence-corrected chi connectivity index (χ1v) is 10.7. The molecule has 12 heteroatoms. The molecule has 1 atom stereocenters. The molecule has 9 nitrogen and oxygen atoms in total. The maximum atomic E-state index is 14.1. The van der Waals surface area contributed by atoms with E-state index < -0.39 is 11.6 Å². The summed E-state index contributed by atoms with van der Waals surface area (Å²) in [6.45, 7) is 4.87. The molecule has 0 spiro atoms. The number of fused-ring (bicyclic) bond motifs is 1. The van der Waals surface area contributed by atoms with Crippen LogP contribution < -0.4 is 20.9 Å². The number of guanidine groups is 1. The van der Waals surface area contributed by atoms with E-state index in [9.17, 15) is 8.78 Å². The molecule has 0 saturated carbocycles. The van der Waals surface area contributed by atoms with Crippen LogP contribution in [0.4, 0.5) is 20.3 Å². The lowest BCUT2D eigenvalue weighted by atomic mass is 10.2. The fourth-order valence-electron chi connectivity index (χ4n) is 3.83. The average Bonchev–Trinajstić information content (AvgIpc) is 3.38. The number of aryl methyl sites for hydroxylation is 1. The van der Waals surface area contributed by atoms with Crippen molar-refractivity contribution < 1.29 is 8.78 Å². The summed E-state index contributed by atoms with van der Waals surface area (Å²) < 4.78 is 29.9. The quantitative estimate of drug-likeness (QED) is 0.174. The molecule has 1 aliphatic rings. The Morgan fingerprint density at radius 3 is 2.79 bits per heavy atom. The van der Waals surface area contributed by atoms with Gasteiger partial charge in [0, 0.05) is 39.3 Å². The van der Waals surface area contributed by atoms with Crippen LogP contribution in [0.5, 0.6) is 0 Å². The highest BCUT2D eigenvalue weighted by Crippen LogP contribution is 2.26. The van der Waals surface area contributed by atoms with E-state index in [1.165, 1.54) is 24.5 Å². The first kappa shape index (κ1) is 24.9. The Morgan fingerprint density at radius 1 is 1.24 bits per heavy atom. The summed E-state index contributed by atoms with van der Waals surface area (Å²) in [4.78, 5) is 14.9. The number of aromatic nitrogens is 4. The Labute approximate surface area is 208 Å². The molecule has 33 heavy (non-hydrogen) atoms. The highest BCUT2D eigenvalue weighted by atomic mass is 127. The lowest BCUT2D eigenvalue weighted by Crippen LogP contribution is -2.45. The third kappa shape index (κ3) is 5.78. The molecule has 1 aliphatic heterocycles. The minimum Gasteiger partial charge on any atom is -0.367 e. The van der Waals surface area contributed by atoms with Gasteiger partial charge in [0.05, 0.1) is 18.1 Å². The molecule has 1 unspecified atom stereocenters. The number of halogens is 3. The van der Waals surface area contributed by atoms with Crippen molar-refractivity contribution in [2.75, 3.05) is 42.9 Å². The molecule has 3 aromatic rings. The van der Waals surface area contributed by atoms with Gasteiger partial charge in [-0.1, -0.05) is 6.07 Å². The molecule has 0 aliphatic carbocycles. The summed E-state index contributed by atoms with van der Waals surface area (Å²) in [7, 11) is 1.84. The zero-order chi connectivity index (χ0) is 22.5. The largest absolute Gasteiger partial charge is 0.367 e. The summed E-state index contributed by atoms with van der Waals surface area (Å²) in [5, 5.41) is 14.9. The molecule has 3 N–H and O–H groups in total. The van der Waals surface area contributed by atoms with E-state index in [0.717, 1.165) is 23.3 Å². The minimum absolute atomic E-state index is 0. The normalized spacial score (nSPS) is 16.1. The molecule has 0 amide bonds. The van der Waals surface area contributed by atoms with E-state index in [1.54, 1.807) is 15.8 Å². The highest BCUT2D eigenvalue weighted by molar-refractivity contribution is 14.0. The zero-order valence-electron chi connectivity index (χ0n) is 18.6. The van der Waals surface area contributed by atoms with Gasteiger partial charge >= 0.3 is 0 Å². The van der Waals surface area contributed by atoms with Gasteiger partial charge in [-0.25, -0.2) is 18.7 Å². The van der Waals surface area contributed by atoms with E-state index in [-0.39, 0.29) is 35.7 Å². The van der Waals surface area contributed by atoms with Crippen LogP contribution in [0.15, 0.2) is 35.7 Å². The van der Waals surface area contributed by atoms with Crippen LogP contribution in [-0.4, -0.2) is 64.5 Å². The van der Waals surface area contributed by atoms with Crippen molar-refractivity contribution in [1.82, 2.24) is 30.4 Å². The number of aliphatic imine (C=N–C) groups is 1. The van der Waals surface area contributed by atoms with Crippen molar-refractivity contribution in [3.05, 3.63) is 42.4 Å². The number of nitrogens with zero attached hydrogens (tertiary/aromatic N) is 6. The van der Waals surface area contributed by atoms with Gasteiger partial charge in [0.25, 0.3) is 0 Å². The third-order valence-corrected chi connectivity index (χ3v) is 5.33. The van der Waals surface area contributed by atoms with E-state index >= 15 is 0 Å². The van der Waals surface area contributed by atoms with Gasteiger partial charge in [-0.3, -0.25) is 9.67 Å². The van der Waals surface area contributed by atoms with Gasteiger partial charge < -0.3 is 20.9 Å². The predicted octanol–water partition coefficient (Wildman–Crippen LogP) is 2.51. The first-order valence-electron chi connectivity index (χ1n) is 10.7. The van der Waals surface area contributed by atoms with Gasteiger partial charge in [0.2, 0.25) is 0 Å². The minimum atomic E-state index is -0.537. The van der Waals surface area contributed by atoms with Crippen molar-refractivity contribution in [1.29, 1.82) is 0 Å². The smallest absolute Gasteiger partial charge is 0.191 e. The van der Waals surface area contributed by atoms with Crippen molar-refractivity contribution in [3.63, 3.8) is 0 Å². The van der Waals surface area contributed by atoms with Crippen LogP contribution in [0.25, 0.3) is 11.0 Å². The van der Waals surface area contributed by atoms with Crippen LogP contribution >= 0.6 is 24.0 Å². The van der Waals surface area contributed by atoms with Crippen molar-refractivity contribution in [2.24, 2.45) is 12.0 Å². The number of para-hydroxylation sites is 1. The standard InChI is InChI=1S/C21H27F2N9.HI/c1-3-24-21(26-9-8-25-19-15-11-29-31(2)20(15)28-13-27-19)30-14-7-10-32(12-14)18-16(22)5-4-6-17(18)23;/h4-6,11,13-14H,3,7-10,12H2,1-2H3,(H2,24,26,30)(H,25,27,28);1H. The fourth-order valence-corrected chi connectivity index (χ4v) is 3.83. The molecule has 0 radical (unpaired) electrons. The number of anilines is 2. The van der Waals surface area contributed by atoms with E-state index in [1.807, 2.05) is 14.0 Å². The molecular weight excluding hydrogens is 543 g/mol. The summed E-state index contributed by atoms with van der Waals surface area (Å²) >= 11 is 0. The summed E-state index contributed by atoms with van der Waals surface area (Å²) in [5.74, 6) is 0.313. The summed E-state index contributed by atoms with van der Waals surface area (Å²) in [5.41, 5.74) is 0.799. The van der Waals surface area contributed by atoms with Crippen LogP contribution in [0, 0.1) is 11.6 Å².